The number of aromatic nitrogens is 3. The van der Waals surface area contributed by atoms with Crippen molar-refractivity contribution in [3.63, 3.8) is 0 Å². The molecule has 0 saturated carbocycles. The number of nitrogens with zero attached hydrogens (tertiary/aromatic N) is 5. The van der Waals surface area contributed by atoms with Gasteiger partial charge < -0.3 is 9.64 Å². The van der Waals surface area contributed by atoms with E-state index in [0.29, 0.717) is 5.02 Å². The minimum absolute atomic E-state index is 0.0992. The molecule has 170 valence electrons. The lowest BCUT2D eigenvalue weighted by molar-refractivity contribution is -0.195. The summed E-state index contributed by atoms with van der Waals surface area (Å²) in [5.74, 6) is 1.61. The molecule has 7 nitrogen and oxygen atoms in total. The number of fused-ring (bicyclic) bond motifs is 3. The van der Waals surface area contributed by atoms with E-state index in [1.165, 1.54) is 10.4 Å². The van der Waals surface area contributed by atoms with Gasteiger partial charge in [-0.05, 0) is 38.5 Å². The first-order chi connectivity index (χ1) is 15.8. The molecular formula is C24H24ClN5O2S. The van der Waals surface area contributed by atoms with E-state index < -0.39 is 6.04 Å². The highest BCUT2D eigenvalue weighted by molar-refractivity contribution is 7.15. The molecule has 3 aromatic rings. The molecule has 1 atom stereocenters. The first kappa shape index (κ1) is 21.0. The van der Waals surface area contributed by atoms with Gasteiger partial charge in [-0.25, -0.2) is 0 Å². The maximum absolute atomic E-state index is 13.2. The number of carbonyl (C=O) groups excluding carboxylic acids is 1. The van der Waals surface area contributed by atoms with Crippen LogP contribution in [0.3, 0.4) is 0 Å². The Hall–Kier alpha value is -2.55. The largest absolute Gasteiger partial charge is 0.380 e. The van der Waals surface area contributed by atoms with Gasteiger partial charge in [0.25, 0.3) is 0 Å². The van der Waals surface area contributed by atoms with Crippen LogP contribution in [-0.4, -0.2) is 57.6 Å². The molecule has 9 heteroatoms. The third-order valence-electron chi connectivity index (χ3n) is 6.95. The zero-order valence-electron chi connectivity index (χ0n) is 18.8. The predicted molar refractivity (Wildman–Crippen MR) is 128 cm³/mol. The van der Waals surface area contributed by atoms with Crippen LogP contribution in [0.1, 0.15) is 45.7 Å². The monoisotopic (exact) mass is 481 g/mol. The van der Waals surface area contributed by atoms with Gasteiger partial charge in [-0.15, -0.1) is 21.5 Å². The molecule has 3 aliphatic rings. The summed E-state index contributed by atoms with van der Waals surface area (Å²) in [6.45, 7) is 9.25. The van der Waals surface area contributed by atoms with E-state index in [4.69, 9.17) is 21.3 Å². The Balaban J connectivity index is 1.44. The molecule has 0 aliphatic carbocycles. The van der Waals surface area contributed by atoms with E-state index in [9.17, 15) is 4.79 Å². The molecule has 1 aromatic carbocycles. The van der Waals surface area contributed by atoms with Crippen molar-refractivity contribution in [1.82, 2.24) is 19.7 Å². The molecule has 2 saturated heterocycles. The van der Waals surface area contributed by atoms with Crippen molar-refractivity contribution >= 4 is 34.6 Å². The molecule has 2 fully saturated rings. The number of aryl methyl sites for hydroxylation is 2. The van der Waals surface area contributed by atoms with Crippen LogP contribution in [0.2, 0.25) is 5.02 Å². The summed E-state index contributed by atoms with van der Waals surface area (Å²) >= 11 is 7.88. The molecule has 33 heavy (non-hydrogen) atoms. The molecule has 0 unspecified atom stereocenters. The first-order valence-electron chi connectivity index (χ1n) is 11.1. The second-order valence-electron chi connectivity index (χ2n) is 9.35. The zero-order chi connectivity index (χ0) is 22.9. The fourth-order valence-corrected chi connectivity index (χ4v) is 6.28. The Morgan fingerprint density at radius 3 is 2.58 bits per heavy atom. The number of carbonyl (C=O) groups is 1. The van der Waals surface area contributed by atoms with Gasteiger partial charge in [0, 0.05) is 34.1 Å². The van der Waals surface area contributed by atoms with Crippen LogP contribution in [0.25, 0.3) is 5.00 Å². The number of hydrogen-bond donors (Lipinski definition) is 0. The Morgan fingerprint density at radius 1 is 1.18 bits per heavy atom. The van der Waals surface area contributed by atoms with Crippen molar-refractivity contribution in [3.05, 3.63) is 62.5 Å². The normalized spacial score (nSPS) is 20.4. The zero-order valence-corrected chi connectivity index (χ0v) is 20.3. The third-order valence-corrected chi connectivity index (χ3v) is 8.39. The van der Waals surface area contributed by atoms with Gasteiger partial charge in [0.1, 0.15) is 16.9 Å². The predicted octanol–water partition coefficient (Wildman–Crippen LogP) is 4.05. The van der Waals surface area contributed by atoms with Gasteiger partial charge in [-0.2, -0.15) is 0 Å². The topological polar surface area (TPSA) is 72.6 Å². The molecule has 1 spiro atoms. The number of halogens is 1. The number of rotatable bonds is 3. The third kappa shape index (κ3) is 3.26. The van der Waals surface area contributed by atoms with E-state index in [0.717, 1.165) is 59.8 Å². The minimum atomic E-state index is -0.419. The number of hydrogen-bond acceptors (Lipinski definition) is 6. The van der Waals surface area contributed by atoms with Gasteiger partial charge in [0.2, 0.25) is 5.91 Å². The Labute approximate surface area is 201 Å². The minimum Gasteiger partial charge on any atom is -0.380 e. The van der Waals surface area contributed by atoms with E-state index in [1.54, 1.807) is 11.3 Å². The van der Waals surface area contributed by atoms with Crippen molar-refractivity contribution in [2.75, 3.05) is 26.3 Å². The summed E-state index contributed by atoms with van der Waals surface area (Å²) in [5, 5.41) is 10.6. The maximum Gasteiger partial charge on any atom is 0.225 e. The van der Waals surface area contributed by atoms with Crippen LogP contribution in [0, 0.1) is 26.2 Å². The van der Waals surface area contributed by atoms with Gasteiger partial charge in [-0.1, -0.05) is 23.7 Å². The summed E-state index contributed by atoms with van der Waals surface area (Å²) in [4.78, 5) is 21.5. The standard InChI is InChI=1S/C24H24ClN5O2S/c1-13-14(2)33-23-20(13)21(16-4-6-17(25)7-5-16)26-18(22-28-27-15(3)30(22)23)8-19(31)29-9-24(10-29)11-32-12-24/h4-7,18H,8-12H2,1-3H3/t18-/m0/s1. The molecule has 0 N–H and O–H groups in total. The van der Waals surface area contributed by atoms with Crippen molar-refractivity contribution in [3.8, 4) is 5.00 Å². The highest BCUT2D eigenvalue weighted by Crippen LogP contribution is 2.41. The van der Waals surface area contributed by atoms with Crippen LogP contribution < -0.4 is 0 Å². The Bertz CT molecular complexity index is 1300. The van der Waals surface area contributed by atoms with Crippen LogP contribution in [0.15, 0.2) is 29.3 Å². The lowest BCUT2D eigenvalue weighted by Crippen LogP contribution is -2.67. The van der Waals surface area contributed by atoms with Gasteiger partial charge in [0.05, 0.1) is 30.8 Å². The van der Waals surface area contributed by atoms with Crippen LogP contribution in [0.4, 0.5) is 0 Å². The molecule has 3 aliphatic heterocycles. The Kier molecular flexibility index (Phi) is 4.76. The van der Waals surface area contributed by atoms with Crippen LogP contribution >= 0.6 is 22.9 Å². The van der Waals surface area contributed by atoms with Gasteiger partial charge in [-0.3, -0.25) is 14.4 Å². The van der Waals surface area contributed by atoms with E-state index >= 15 is 0 Å². The number of aliphatic imine (C=N–C) groups is 1. The smallest absolute Gasteiger partial charge is 0.225 e. The lowest BCUT2D eigenvalue weighted by Gasteiger charge is -2.55. The number of likely N-dealkylation sites (tertiary alicyclic amines) is 1. The SMILES string of the molecule is Cc1sc2c(c1C)C(c1ccc(Cl)cc1)=N[C@@H](CC(=O)N1CC3(COC3)C1)c1nnc(C)n1-2. The fraction of sp³-hybridized carbons (Fsp3) is 0.417. The second kappa shape index (κ2) is 7.48. The molecule has 6 rings (SSSR count). The van der Waals surface area contributed by atoms with Crippen molar-refractivity contribution in [1.29, 1.82) is 0 Å². The van der Waals surface area contributed by atoms with E-state index in [1.807, 2.05) is 36.1 Å². The van der Waals surface area contributed by atoms with Gasteiger partial charge in [0.15, 0.2) is 5.82 Å². The number of benzene rings is 1. The van der Waals surface area contributed by atoms with Crippen molar-refractivity contribution in [2.45, 2.75) is 33.2 Å². The van der Waals surface area contributed by atoms with Crippen LogP contribution in [0.5, 0.6) is 0 Å². The average molecular weight is 482 g/mol. The fourth-order valence-electron chi connectivity index (χ4n) is 4.94. The van der Waals surface area contributed by atoms with E-state index in [2.05, 4.69) is 28.6 Å². The van der Waals surface area contributed by atoms with Crippen molar-refractivity contribution < 1.29 is 9.53 Å². The molecule has 5 heterocycles. The summed E-state index contributed by atoms with van der Waals surface area (Å²) < 4.78 is 7.44. The van der Waals surface area contributed by atoms with Crippen molar-refractivity contribution in [2.24, 2.45) is 10.4 Å². The number of amides is 1. The quantitative estimate of drug-likeness (QED) is 0.565. The average Bonchev–Trinajstić information content (AvgIpc) is 3.19. The molecule has 1 amide bonds. The summed E-state index contributed by atoms with van der Waals surface area (Å²) in [6, 6.07) is 7.32. The Morgan fingerprint density at radius 2 is 1.91 bits per heavy atom. The lowest BCUT2D eigenvalue weighted by atomic mass is 9.78. The molecule has 0 radical (unpaired) electrons. The number of ether oxygens (including phenoxy) is 1. The summed E-state index contributed by atoms with van der Waals surface area (Å²) in [7, 11) is 0. The maximum atomic E-state index is 13.2. The highest BCUT2D eigenvalue weighted by Gasteiger charge is 2.50. The van der Waals surface area contributed by atoms with Crippen LogP contribution in [-0.2, 0) is 9.53 Å². The highest BCUT2D eigenvalue weighted by atomic mass is 35.5. The molecule has 0 bridgehead atoms. The summed E-state index contributed by atoms with van der Waals surface area (Å²) in [6.07, 6.45) is 0.263. The second-order valence-corrected chi connectivity index (χ2v) is 11.0. The van der Waals surface area contributed by atoms with Gasteiger partial charge >= 0.3 is 0 Å². The number of thiophene rings is 1. The molecule has 2 aromatic heterocycles. The molecular weight excluding hydrogens is 458 g/mol. The summed E-state index contributed by atoms with van der Waals surface area (Å²) in [5.41, 5.74) is 4.30. The van der Waals surface area contributed by atoms with E-state index in [-0.39, 0.29) is 17.7 Å². The first-order valence-corrected chi connectivity index (χ1v) is 12.3.